The number of fused-ring (bicyclic) bond motifs is 4. The van der Waals surface area contributed by atoms with Crippen molar-refractivity contribution in [3.63, 3.8) is 0 Å². The average Bonchev–Trinajstić information content (AvgIpc) is 2.81. The van der Waals surface area contributed by atoms with E-state index >= 15 is 0 Å². The molecule has 1 heterocycles. The smallest absolute Gasteiger partial charge is 0.251 e. The zero-order valence-corrected chi connectivity index (χ0v) is 20.4. The standard InChI is InChI=1S/C29H35N3O2/c1-29(30)18-22-9-7-8-21(14-22)12-13-27(24-10-5-4-6-11-24)31-28(33)25-15-23(19-34-20-29)16-26(17-25)32(2)3/h4-11,14-17,27H,12-13,18-20,30H2,1-3H3,(H,31,33). The number of nitrogens with one attached hydrogen (secondary N) is 1. The molecule has 1 aliphatic heterocycles. The van der Waals surface area contributed by atoms with Crippen LogP contribution >= 0.6 is 0 Å². The molecule has 0 aliphatic carbocycles. The van der Waals surface area contributed by atoms with Crippen LogP contribution < -0.4 is 16.0 Å². The average molecular weight is 458 g/mol. The molecule has 5 nitrogen and oxygen atoms in total. The lowest BCUT2D eigenvalue weighted by atomic mass is 9.92. The van der Waals surface area contributed by atoms with Crippen LogP contribution in [0.15, 0.2) is 72.8 Å². The lowest BCUT2D eigenvalue weighted by Gasteiger charge is -2.26. The molecule has 178 valence electrons. The van der Waals surface area contributed by atoms with Gasteiger partial charge in [-0.2, -0.15) is 0 Å². The van der Waals surface area contributed by atoms with Crippen LogP contribution in [0.5, 0.6) is 0 Å². The van der Waals surface area contributed by atoms with Gasteiger partial charge in [-0.3, -0.25) is 4.79 Å². The molecule has 0 radical (unpaired) electrons. The van der Waals surface area contributed by atoms with Crippen molar-refractivity contribution in [3.05, 3.63) is 101 Å². The Morgan fingerprint density at radius 1 is 0.971 bits per heavy atom. The van der Waals surface area contributed by atoms with Gasteiger partial charge >= 0.3 is 0 Å². The molecule has 0 saturated heterocycles. The Balaban J connectivity index is 1.71. The summed E-state index contributed by atoms with van der Waals surface area (Å²) in [6.45, 7) is 2.86. The number of carbonyl (C=O) groups excluding carboxylic acids is 1. The molecule has 4 rings (SSSR count). The minimum absolute atomic E-state index is 0.0803. The maximum Gasteiger partial charge on any atom is 0.251 e. The first-order valence-electron chi connectivity index (χ1n) is 11.9. The predicted octanol–water partition coefficient (Wildman–Crippen LogP) is 4.65. The largest absolute Gasteiger partial charge is 0.378 e. The second kappa shape index (κ2) is 10.4. The molecule has 3 aromatic rings. The highest BCUT2D eigenvalue weighted by atomic mass is 16.5. The maximum atomic E-state index is 13.4. The molecule has 5 heteroatoms. The number of nitrogens with two attached hydrogens (primary N) is 1. The van der Waals surface area contributed by atoms with Crippen LogP contribution in [-0.4, -0.2) is 32.1 Å². The molecule has 34 heavy (non-hydrogen) atoms. The van der Waals surface area contributed by atoms with Gasteiger partial charge in [-0.25, -0.2) is 0 Å². The quantitative estimate of drug-likeness (QED) is 0.588. The summed E-state index contributed by atoms with van der Waals surface area (Å²) in [4.78, 5) is 15.4. The molecular weight excluding hydrogens is 422 g/mol. The summed E-state index contributed by atoms with van der Waals surface area (Å²) in [7, 11) is 3.95. The molecule has 2 unspecified atom stereocenters. The van der Waals surface area contributed by atoms with Crippen LogP contribution in [0.1, 0.15) is 52.0 Å². The number of rotatable bonds is 2. The van der Waals surface area contributed by atoms with E-state index in [1.165, 1.54) is 11.1 Å². The molecule has 4 bridgehead atoms. The van der Waals surface area contributed by atoms with Crippen molar-refractivity contribution in [2.45, 2.75) is 44.4 Å². The Labute approximate surface area is 202 Å². The highest BCUT2D eigenvalue weighted by Gasteiger charge is 2.22. The Kier molecular flexibility index (Phi) is 7.35. The molecule has 3 N–H and O–H groups in total. The molecule has 0 fully saturated rings. The number of amides is 1. The molecule has 3 aromatic carbocycles. The lowest BCUT2D eigenvalue weighted by molar-refractivity contribution is 0.0789. The number of nitrogens with zero attached hydrogens (tertiary/aromatic N) is 1. The van der Waals surface area contributed by atoms with Gasteiger partial charge in [-0.1, -0.05) is 54.6 Å². The van der Waals surface area contributed by atoms with E-state index in [2.05, 4.69) is 47.8 Å². The van der Waals surface area contributed by atoms with E-state index < -0.39 is 5.54 Å². The van der Waals surface area contributed by atoms with E-state index in [1.54, 1.807) is 0 Å². The van der Waals surface area contributed by atoms with Gasteiger partial charge in [0.1, 0.15) is 0 Å². The number of ether oxygens (including phenoxy) is 1. The molecule has 0 saturated carbocycles. The Morgan fingerprint density at radius 2 is 1.74 bits per heavy atom. The number of aryl methyl sites for hydroxylation is 1. The van der Waals surface area contributed by atoms with Crippen molar-refractivity contribution in [2.24, 2.45) is 5.73 Å². The number of benzene rings is 3. The second-order valence-electron chi connectivity index (χ2n) is 9.90. The fourth-order valence-corrected chi connectivity index (χ4v) is 4.52. The summed E-state index contributed by atoms with van der Waals surface area (Å²) in [6, 6.07) is 24.6. The SMILES string of the molecule is CN(C)c1cc2cc(c1)C(=O)NC(c1ccccc1)CCc1cccc(c1)CC(C)(N)COC2. The monoisotopic (exact) mass is 457 g/mol. The summed E-state index contributed by atoms with van der Waals surface area (Å²) in [5.74, 6) is -0.0803. The van der Waals surface area contributed by atoms with Gasteiger partial charge in [-0.15, -0.1) is 0 Å². The van der Waals surface area contributed by atoms with Gasteiger partial charge in [0, 0.05) is 30.9 Å². The summed E-state index contributed by atoms with van der Waals surface area (Å²) >= 11 is 0. The third kappa shape index (κ3) is 6.25. The fraction of sp³-hybridized carbons (Fsp3) is 0.345. The van der Waals surface area contributed by atoms with Gasteiger partial charge in [0.05, 0.1) is 19.3 Å². The normalized spacial score (nSPS) is 21.5. The van der Waals surface area contributed by atoms with Gasteiger partial charge in [-0.05, 0) is 66.6 Å². The van der Waals surface area contributed by atoms with Crippen molar-refractivity contribution in [3.8, 4) is 0 Å². The summed E-state index contributed by atoms with van der Waals surface area (Å²) in [5.41, 5.74) is 12.2. The van der Waals surface area contributed by atoms with Gasteiger partial charge < -0.3 is 20.7 Å². The Hall–Kier alpha value is -3.15. The summed E-state index contributed by atoms with van der Waals surface area (Å²) < 4.78 is 6.05. The van der Waals surface area contributed by atoms with Crippen molar-refractivity contribution in [2.75, 3.05) is 25.6 Å². The van der Waals surface area contributed by atoms with E-state index in [-0.39, 0.29) is 11.9 Å². The third-order valence-electron chi connectivity index (χ3n) is 6.28. The van der Waals surface area contributed by atoms with Gasteiger partial charge in [0.2, 0.25) is 0 Å². The molecule has 0 spiro atoms. The lowest BCUT2D eigenvalue weighted by Crippen LogP contribution is -2.43. The van der Waals surface area contributed by atoms with E-state index in [9.17, 15) is 4.79 Å². The zero-order chi connectivity index (χ0) is 24.1. The maximum absolute atomic E-state index is 13.4. The van der Waals surface area contributed by atoms with Crippen LogP contribution in [0.4, 0.5) is 5.69 Å². The first-order valence-corrected chi connectivity index (χ1v) is 11.9. The number of anilines is 1. The van der Waals surface area contributed by atoms with Gasteiger partial charge in [0.15, 0.2) is 0 Å². The minimum atomic E-state index is -0.484. The van der Waals surface area contributed by atoms with E-state index in [1.807, 2.05) is 56.3 Å². The molecular formula is C29H35N3O2. The second-order valence-corrected chi connectivity index (χ2v) is 9.90. The summed E-state index contributed by atoms with van der Waals surface area (Å²) in [6.07, 6.45) is 2.40. The van der Waals surface area contributed by atoms with Crippen LogP contribution in [0.2, 0.25) is 0 Å². The third-order valence-corrected chi connectivity index (χ3v) is 6.28. The van der Waals surface area contributed by atoms with E-state index in [0.29, 0.717) is 18.8 Å². The Bertz CT molecular complexity index is 1130. The molecule has 1 amide bonds. The number of hydrogen-bond donors (Lipinski definition) is 2. The number of hydrogen-bond acceptors (Lipinski definition) is 4. The van der Waals surface area contributed by atoms with Crippen LogP contribution in [-0.2, 0) is 24.2 Å². The van der Waals surface area contributed by atoms with E-state index in [4.69, 9.17) is 10.5 Å². The van der Waals surface area contributed by atoms with Crippen LogP contribution in [0, 0.1) is 0 Å². The number of carbonyl (C=O) groups is 1. The van der Waals surface area contributed by atoms with Crippen LogP contribution in [0.25, 0.3) is 0 Å². The highest BCUT2D eigenvalue weighted by molar-refractivity contribution is 5.95. The first-order chi connectivity index (χ1) is 16.3. The Morgan fingerprint density at radius 3 is 2.50 bits per heavy atom. The van der Waals surface area contributed by atoms with Crippen molar-refractivity contribution >= 4 is 11.6 Å². The minimum Gasteiger partial charge on any atom is -0.378 e. The van der Waals surface area contributed by atoms with Crippen LogP contribution in [0.3, 0.4) is 0 Å². The molecule has 1 aliphatic rings. The fourth-order valence-electron chi connectivity index (χ4n) is 4.52. The van der Waals surface area contributed by atoms with Crippen molar-refractivity contribution in [1.82, 2.24) is 5.32 Å². The predicted molar refractivity (Wildman–Crippen MR) is 138 cm³/mol. The van der Waals surface area contributed by atoms with Gasteiger partial charge in [0.25, 0.3) is 5.91 Å². The van der Waals surface area contributed by atoms with Crippen molar-refractivity contribution in [1.29, 1.82) is 0 Å². The topological polar surface area (TPSA) is 67.6 Å². The first kappa shape index (κ1) is 24.0. The van der Waals surface area contributed by atoms with Crippen molar-refractivity contribution < 1.29 is 9.53 Å². The molecule has 0 aromatic heterocycles. The summed E-state index contributed by atoms with van der Waals surface area (Å²) in [5, 5.41) is 3.29. The zero-order valence-electron chi connectivity index (χ0n) is 20.4. The van der Waals surface area contributed by atoms with E-state index in [0.717, 1.165) is 36.1 Å². The molecule has 2 atom stereocenters. The highest BCUT2D eigenvalue weighted by Crippen LogP contribution is 2.24.